The van der Waals surface area contributed by atoms with E-state index in [1.807, 2.05) is 35.2 Å². The van der Waals surface area contributed by atoms with Crippen molar-refractivity contribution in [1.82, 2.24) is 29.7 Å². The lowest BCUT2D eigenvalue weighted by molar-refractivity contribution is -0.105. The Balaban J connectivity index is 1.51. The van der Waals surface area contributed by atoms with Crippen molar-refractivity contribution in [2.75, 3.05) is 18.4 Å². The van der Waals surface area contributed by atoms with E-state index in [9.17, 15) is 14.9 Å². The number of hydrogen-bond donors (Lipinski definition) is 2. The van der Waals surface area contributed by atoms with E-state index < -0.39 is 17.6 Å². The van der Waals surface area contributed by atoms with Gasteiger partial charge in [-0.2, -0.15) is 25.4 Å². The van der Waals surface area contributed by atoms with Crippen LogP contribution < -0.4 is 11.1 Å². The normalized spacial score (nSPS) is 20.8. The molecule has 4 rings (SSSR count). The van der Waals surface area contributed by atoms with Crippen LogP contribution in [0.1, 0.15) is 28.8 Å². The highest BCUT2D eigenvalue weighted by Gasteiger charge is 2.46. The summed E-state index contributed by atoms with van der Waals surface area (Å²) >= 11 is 0. The third-order valence-electron chi connectivity index (χ3n) is 5.87. The molecule has 1 aromatic carbocycles. The number of halogens is 1. The summed E-state index contributed by atoms with van der Waals surface area (Å²) < 4.78 is 16.9. The number of rotatable bonds is 8. The van der Waals surface area contributed by atoms with E-state index in [2.05, 4.69) is 20.6 Å². The second kappa shape index (κ2) is 9.17. The fourth-order valence-corrected chi connectivity index (χ4v) is 4.10. The largest absolute Gasteiger partial charge is 0.365 e. The van der Waals surface area contributed by atoms with Gasteiger partial charge in [-0.15, -0.1) is 0 Å². The average molecular weight is 451 g/mol. The van der Waals surface area contributed by atoms with Gasteiger partial charge in [-0.05, 0) is 24.1 Å². The second-order valence-electron chi connectivity index (χ2n) is 7.84. The van der Waals surface area contributed by atoms with Gasteiger partial charge in [0, 0.05) is 25.8 Å². The zero-order valence-corrected chi connectivity index (χ0v) is 17.6. The van der Waals surface area contributed by atoms with Crippen LogP contribution in [0.2, 0.25) is 0 Å². The maximum atomic E-state index is 15.6. The van der Waals surface area contributed by atoms with Crippen molar-refractivity contribution in [2.24, 2.45) is 5.73 Å². The van der Waals surface area contributed by atoms with Crippen LogP contribution in [0.3, 0.4) is 0 Å². The predicted molar refractivity (Wildman–Crippen MR) is 115 cm³/mol. The Morgan fingerprint density at radius 1 is 1.33 bits per heavy atom. The predicted octanol–water partition coefficient (Wildman–Crippen LogP) is 0.984. The van der Waals surface area contributed by atoms with Gasteiger partial charge < -0.3 is 11.1 Å². The van der Waals surface area contributed by atoms with Crippen molar-refractivity contribution in [3.05, 3.63) is 54.0 Å². The number of nitrogens with two attached hydrogens (primary N) is 1. The van der Waals surface area contributed by atoms with E-state index in [0.717, 1.165) is 11.3 Å². The molecule has 170 valence electrons. The molecule has 0 spiro atoms. The minimum atomic E-state index is -1.44. The summed E-state index contributed by atoms with van der Waals surface area (Å²) in [5, 5.41) is 24.1. The van der Waals surface area contributed by atoms with Crippen LogP contribution in [-0.2, 0) is 16.9 Å². The Labute approximate surface area is 188 Å². The number of nitriles is 1. The fourth-order valence-electron chi connectivity index (χ4n) is 4.10. The first kappa shape index (κ1) is 22.1. The number of likely N-dealkylation sites (tertiary alicyclic amines) is 1. The minimum absolute atomic E-state index is 0.0409. The van der Waals surface area contributed by atoms with Crippen LogP contribution in [0, 0.1) is 11.3 Å². The number of carbonyl (C=O) groups excluding carboxylic acids is 2. The number of anilines is 1. The highest BCUT2D eigenvalue weighted by molar-refractivity contribution is 5.99. The topological polar surface area (TPSA) is 148 Å². The number of piperidine rings is 1. The van der Waals surface area contributed by atoms with Crippen molar-refractivity contribution in [1.29, 1.82) is 5.26 Å². The lowest BCUT2D eigenvalue weighted by atomic mass is 9.83. The summed E-state index contributed by atoms with van der Waals surface area (Å²) in [5.41, 5.74) is 5.87. The van der Waals surface area contributed by atoms with Crippen LogP contribution in [-0.4, -0.2) is 61.3 Å². The van der Waals surface area contributed by atoms with E-state index >= 15 is 4.39 Å². The van der Waals surface area contributed by atoms with Crippen LogP contribution in [0.4, 0.5) is 10.2 Å². The summed E-state index contributed by atoms with van der Waals surface area (Å²) in [6.07, 6.45) is 3.56. The summed E-state index contributed by atoms with van der Waals surface area (Å²) in [7, 11) is 0. The first-order valence-corrected chi connectivity index (χ1v) is 10.3. The molecule has 1 fully saturated rings. The van der Waals surface area contributed by atoms with E-state index in [-0.39, 0.29) is 30.8 Å². The molecule has 12 heteroatoms. The van der Waals surface area contributed by atoms with Crippen LogP contribution >= 0.6 is 0 Å². The second-order valence-corrected chi connectivity index (χ2v) is 7.84. The molecule has 3 aromatic rings. The molecule has 3 N–H and O–H groups in total. The molecular weight excluding hydrogens is 429 g/mol. The van der Waals surface area contributed by atoms with Crippen molar-refractivity contribution >= 4 is 18.1 Å². The maximum Gasteiger partial charge on any atom is 0.254 e. The summed E-state index contributed by atoms with van der Waals surface area (Å²) in [5.74, 6) is -0.865. The zero-order chi connectivity index (χ0) is 23.4. The number of carbonyl (C=O) groups is 2. The Morgan fingerprint density at radius 3 is 2.67 bits per heavy atom. The molecule has 0 aliphatic carbocycles. The molecule has 0 bridgehead atoms. The lowest BCUT2D eigenvalue weighted by Crippen LogP contribution is -2.54. The quantitative estimate of drug-likeness (QED) is 0.485. The molecule has 2 unspecified atom stereocenters. The smallest absolute Gasteiger partial charge is 0.254 e. The third kappa shape index (κ3) is 4.31. The third-order valence-corrected chi connectivity index (χ3v) is 5.87. The van der Waals surface area contributed by atoms with E-state index in [1.165, 1.54) is 15.7 Å². The molecule has 1 saturated heterocycles. The molecule has 2 aromatic heterocycles. The molecule has 33 heavy (non-hydrogen) atoms. The standard InChI is InChI=1S/C21H22FN9O2/c22-18-13-29(11-15-1-3-16(4-2-15)31-26-8-9-27-31)10-6-21(18,5-7-23)30-12-17(19(24)33)20(28-30)25-14-32/h1-4,8-9,12,14,18H,5-6,10-11,13H2,(H2,24,33)(H,25,28,32). The molecule has 11 nitrogen and oxygen atoms in total. The van der Waals surface area contributed by atoms with Gasteiger partial charge in [0.15, 0.2) is 5.82 Å². The molecule has 1 aliphatic rings. The summed E-state index contributed by atoms with van der Waals surface area (Å²) in [6, 6.07) is 9.70. The molecule has 2 atom stereocenters. The summed E-state index contributed by atoms with van der Waals surface area (Å²) in [4.78, 5) is 26.1. The molecule has 1 aliphatic heterocycles. The first-order valence-electron chi connectivity index (χ1n) is 10.3. The average Bonchev–Trinajstić information content (AvgIpc) is 3.47. The fraction of sp³-hybridized carbons (Fsp3) is 0.333. The number of alkyl halides is 1. The number of nitrogens with zero attached hydrogens (tertiary/aromatic N) is 7. The number of amides is 2. The Hall–Kier alpha value is -4.11. The monoisotopic (exact) mass is 451 g/mol. The van der Waals surface area contributed by atoms with Crippen LogP contribution in [0.15, 0.2) is 42.9 Å². The number of hydrogen-bond acceptors (Lipinski definition) is 7. The molecule has 3 heterocycles. The molecule has 0 saturated carbocycles. The highest BCUT2D eigenvalue weighted by Crippen LogP contribution is 2.37. The maximum absolute atomic E-state index is 15.6. The molecule has 0 radical (unpaired) electrons. The first-order chi connectivity index (χ1) is 16.0. The Morgan fingerprint density at radius 2 is 2.06 bits per heavy atom. The van der Waals surface area contributed by atoms with Crippen LogP contribution in [0.5, 0.6) is 0 Å². The number of benzene rings is 1. The number of aromatic nitrogens is 5. The van der Waals surface area contributed by atoms with Gasteiger partial charge in [-0.25, -0.2) is 4.39 Å². The van der Waals surface area contributed by atoms with Crippen LogP contribution in [0.25, 0.3) is 5.69 Å². The molecular formula is C21H22FN9O2. The Kier molecular flexibility index (Phi) is 6.14. The van der Waals surface area contributed by atoms with E-state index in [4.69, 9.17) is 5.73 Å². The van der Waals surface area contributed by atoms with E-state index in [1.54, 1.807) is 12.4 Å². The van der Waals surface area contributed by atoms with Crippen molar-refractivity contribution in [2.45, 2.75) is 31.1 Å². The number of primary amides is 1. The SMILES string of the molecule is N#CCC1(n2cc(C(N)=O)c(NC=O)n2)CCN(Cc2ccc(-n3nccn3)cc2)CC1F. The van der Waals surface area contributed by atoms with Gasteiger partial charge in [-0.1, -0.05) is 12.1 Å². The van der Waals surface area contributed by atoms with Gasteiger partial charge in [0.25, 0.3) is 5.91 Å². The highest BCUT2D eigenvalue weighted by atomic mass is 19.1. The van der Waals surface area contributed by atoms with E-state index in [0.29, 0.717) is 19.5 Å². The van der Waals surface area contributed by atoms with Gasteiger partial charge in [0.05, 0.1) is 30.6 Å². The van der Waals surface area contributed by atoms with Crippen molar-refractivity contribution in [3.63, 3.8) is 0 Å². The lowest BCUT2D eigenvalue weighted by Gasteiger charge is -2.43. The minimum Gasteiger partial charge on any atom is -0.365 e. The van der Waals surface area contributed by atoms with Gasteiger partial charge in [-0.3, -0.25) is 19.2 Å². The van der Waals surface area contributed by atoms with Crippen molar-refractivity contribution in [3.8, 4) is 11.8 Å². The van der Waals surface area contributed by atoms with Gasteiger partial charge in [0.2, 0.25) is 6.41 Å². The summed E-state index contributed by atoms with van der Waals surface area (Å²) in [6.45, 7) is 1.11. The van der Waals surface area contributed by atoms with Gasteiger partial charge >= 0.3 is 0 Å². The Bertz CT molecular complexity index is 1170. The van der Waals surface area contributed by atoms with Crippen molar-refractivity contribution < 1.29 is 14.0 Å². The number of nitrogens with one attached hydrogen (secondary N) is 1. The van der Waals surface area contributed by atoms with Gasteiger partial charge in [0.1, 0.15) is 17.3 Å². The molecule has 2 amide bonds. The zero-order valence-electron chi connectivity index (χ0n) is 17.6.